The number of fused-ring (bicyclic) bond motifs is 1. The zero-order valence-corrected chi connectivity index (χ0v) is 11.6. The Hall–Kier alpha value is -2.36. The zero-order valence-electron chi connectivity index (χ0n) is 11.6. The molecule has 0 saturated carbocycles. The molecule has 1 N–H and O–H groups in total. The normalized spacial score (nSPS) is 19.7. The molecular weight excluding hydrogens is 256 g/mol. The van der Waals surface area contributed by atoms with Crippen molar-refractivity contribution < 1.29 is 19.4 Å². The highest BCUT2D eigenvalue weighted by atomic mass is 16.5. The van der Waals surface area contributed by atoms with E-state index >= 15 is 0 Å². The van der Waals surface area contributed by atoms with Gasteiger partial charge in [0.25, 0.3) is 0 Å². The summed E-state index contributed by atoms with van der Waals surface area (Å²) < 4.78 is 5.44. The van der Waals surface area contributed by atoms with Crippen LogP contribution in [0, 0.1) is 0 Å². The maximum Gasteiger partial charge on any atom is 0.327 e. The Morgan fingerprint density at radius 1 is 1.45 bits per heavy atom. The van der Waals surface area contributed by atoms with Crippen LogP contribution in [0.15, 0.2) is 59.4 Å². The molecule has 1 unspecified atom stereocenters. The van der Waals surface area contributed by atoms with Gasteiger partial charge in [-0.3, -0.25) is 4.79 Å². The number of carbonyl (C=O) groups is 2. The van der Waals surface area contributed by atoms with Gasteiger partial charge in [-0.05, 0) is 35.8 Å². The van der Waals surface area contributed by atoms with Crippen LogP contribution >= 0.6 is 0 Å². The molecule has 2 rings (SSSR count). The third kappa shape index (κ3) is 4.39. The van der Waals surface area contributed by atoms with Crippen molar-refractivity contribution in [3.8, 4) is 0 Å². The Kier molecular flexibility index (Phi) is 6.23. The Morgan fingerprint density at radius 3 is 2.85 bits per heavy atom. The van der Waals surface area contributed by atoms with Gasteiger partial charge in [-0.1, -0.05) is 26.0 Å². The maximum absolute atomic E-state index is 10.8. The van der Waals surface area contributed by atoms with Gasteiger partial charge in [-0.25, -0.2) is 4.79 Å². The summed E-state index contributed by atoms with van der Waals surface area (Å²) in [5.74, 6) is -0.981. The standard InChI is InChI=1S/C14H12O4.C2H6/c15-8-10-4-5-13-7-12(6-10)11(9-18-13)2-1-3-14(16)17;1-2/h1,3-9,13H,2H2,(H,16,17);1-2H3/b3-1+;. The number of aldehydes is 1. The average molecular weight is 274 g/mol. The Balaban J connectivity index is 0.000000956. The molecule has 0 saturated heterocycles. The minimum atomic E-state index is -0.981. The summed E-state index contributed by atoms with van der Waals surface area (Å²) in [4.78, 5) is 21.2. The molecule has 0 amide bonds. The van der Waals surface area contributed by atoms with Crippen molar-refractivity contribution in [1.29, 1.82) is 0 Å². The summed E-state index contributed by atoms with van der Waals surface area (Å²) in [7, 11) is 0. The molecule has 0 radical (unpaired) electrons. The second-order valence-corrected chi connectivity index (χ2v) is 3.93. The molecule has 0 aromatic rings. The first-order chi connectivity index (χ1) is 9.69. The van der Waals surface area contributed by atoms with Crippen molar-refractivity contribution in [2.24, 2.45) is 0 Å². The minimum Gasteiger partial charge on any atom is -0.490 e. The van der Waals surface area contributed by atoms with E-state index < -0.39 is 5.97 Å². The molecule has 0 spiro atoms. The smallest absolute Gasteiger partial charge is 0.327 e. The lowest BCUT2D eigenvalue weighted by atomic mass is 10.00. The van der Waals surface area contributed by atoms with Crippen molar-refractivity contribution in [3.63, 3.8) is 0 Å². The number of allylic oxidation sites excluding steroid dienone is 6. The second-order valence-electron chi connectivity index (χ2n) is 3.93. The molecule has 2 aliphatic rings. The molecule has 0 fully saturated rings. The van der Waals surface area contributed by atoms with Crippen molar-refractivity contribution >= 4 is 12.3 Å². The number of hydrogen-bond acceptors (Lipinski definition) is 3. The molecule has 1 aliphatic heterocycles. The number of ether oxygens (including phenoxy) is 1. The van der Waals surface area contributed by atoms with Crippen LogP contribution in [-0.4, -0.2) is 23.5 Å². The predicted octanol–water partition coefficient (Wildman–Crippen LogP) is 2.95. The summed E-state index contributed by atoms with van der Waals surface area (Å²) in [6, 6.07) is 0. The number of hydrogen-bond donors (Lipinski definition) is 1. The van der Waals surface area contributed by atoms with E-state index in [4.69, 9.17) is 9.84 Å². The third-order valence-electron chi connectivity index (χ3n) is 2.62. The number of carboxylic acids is 1. The molecule has 20 heavy (non-hydrogen) atoms. The summed E-state index contributed by atoms with van der Waals surface area (Å²) in [5, 5.41) is 8.52. The summed E-state index contributed by atoms with van der Waals surface area (Å²) in [6.45, 7) is 4.00. The minimum absolute atomic E-state index is 0.166. The lowest BCUT2D eigenvalue weighted by Gasteiger charge is -2.17. The topological polar surface area (TPSA) is 63.6 Å². The highest BCUT2D eigenvalue weighted by Crippen LogP contribution is 2.26. The van der Waals surface area contributed by atoms with Crippen LogP contribution in [0.2, 0.25) is 0 Å². The molecule has 4 nitrogen and oxygen atoms in total. The summed E-state index contributed by atoms with van der Waals surface area (Å²) >= 11 is 0. The van der Waals surface area contributed by atoms with E-state index in [9.17, 15) is 9.59 Å². The van der Waals surface area contributed by atoms with Gasteiger partial charge in [0.1, 0.15) is 12.4 Å². The first-order valence-corrected chi connectivity index (χ1v) is 6.50. The zero-order chi connectivity index (χ0) is 15.0. The average Bonchev–Trinajstić information content (AvgIpc) is 2.63. The largest absolute Gasteiger partial charge is 0.490 e. The van der Waals surface area contributed by atoms with Crippen molar-refractivity contribution in [2.45, 2.75) is 26.4 Å². The third-order valence-corrected chi connectivity index (χ3v) is 2.62. The van der Waals surface area contributed by atoms with E-state index in [2.05, 4.69) is 0 Å². The molecular formula is C16H18O4. The van der Waals surface area contributed by atoms with Crippen LogP contribution in [0.25, 0.3) is 0 Å². The van der Waals surface area contributed by atoms with Crippen LogP contribution in [0.5, 0.6) is 0 Å². The van der Waals surface area contributed by atoms with Crippen molar-refractivity contribution in [1.82, 2.24) is 0 Å². The summed E-state index contributed by atoms with van der Waals surface area (Å²) in [5.41, 5.74) is 2.32. The van der Waals surface area contributed by atoms with Gasteiger partial charge < -0.3 is 9.84 Å². The molecule has 2 bridgehead atoms. The summed E-state index contributed by atoms with van der Waals surface area (Å²) in [6.07, 6.45) is 12.5. The number of carboxylic acid groups (broad SMARTS) is 1. The maximum atomic E-state index is 10.8. The van der Waals surface area contributed by atoms with Crippen LogP contribution in [-0.2, 0) is 14.3 Å². The lowest BCUT2D eigenvalue weighted by molar-refractivity contribution is -0.131. The molecule has 0 aromatic carbocycles. The molecule has 1 heterocycles. The SMILES string of the molecule is CC.O=CC1=CC2=CC(C=C1)OC=C2C/C=C/C(=O)O. The Morgan fingerprint density at radius 2 is 2.20 bits per heavy atom. The van der Waals surface area contributed by atoms with Gasteiger partial charge in [-0.15, -0.1) is 0 Å². The van der Waals surface area contributed by atoms with Gasteiger partial charge in [0.05, 0.1) is 6.26 Å². The molecule has 106 valence electrons. The second kappa shape index (κ2) is 7.94. The molecule has 1 aliphatic carbocycles. The predicted molar refractivity (Wildman–Crippen MR) is 77.1 cm³/mol. The fraction of sp³-hybridized carbons (Fsp3) is 0.250. The van der Waals surface area contributed by atoms with Gasteiger partial charge in [0.15, 0.2) is 0 Å². The van der Waals surface area contributed by atoms with Gasteiger partial charge in [-0.2, -0.15) is 0 Å². The molecule has 4 heteroatoms. The van der Waals surface area contributed by atoms with Crippen LogP contribution in [0.4, 0.5) is 0 Å². The molecule has 0 aromatic heterocycles. The Labute approximate surface area is 118 Å². The van der Waals surface area contributed by atoms with E-state index in [1.807, 2.05) is 19.9 Å². The highest BCUT2D eigenvalue weighted by Gasteiger charge is 2.15. The van der Waals surface area contributed by atoms with Gasteiger partial charge in [0.2, 0.25) is 0 Å². The lowest BCUT2D eigenvalue weighted by Crippen LogP contribution is -2.08. The number of aliphatic carboxylic acids is 1. The van der Waals surface area contributed by atoms with Crippen LogP contribution < -0.4 is 0 Å². The molecule has 1 atom stereocenters. The van der Waals surface area contributed by atoms with E-state index in [1.54, 1.807) is 30.6 Å². The fourth-order valence-electron chi connectivity index (χ4n) is 1.75. The highest BCUT2D eigenvalue weighted by molar-refractivity contribution is 5.80. The van der Waals surface area contributed by atoms with Crippen molar-refractivity contribution in [2.75, 3.05) is 0 Å². The monoisotopic (exact) mass is 274 g/mol. The number of rotatable bonds is 4. The van der Waals surface area contributed by atoms with E-state index in [0.29, 0.717) is 12.0 Å². The Bertz CT molecular complexity index is 519. The van der Waals surface area contributed by atoms with Crippen molar-refractivity contribution in [3.05, 3.63) is 59.4 Å². The van der Waals surface area contributed by atoms with Gasteiger partial charge >= 0.3 is 5.97 Å². The quantitative estimate of drug-likeness (QED) is 0.632. The van der Waals surface area contributed by atoms with E-state index in [0.717, 1.165) is 23.5 Å². The van der Waals surface area contributed by atoms with Gasteiger partial charge in [0, 0.05) is 11.6 Å². The van der Waals surface area contributed by atoms with E-state index in [-0.39, 0.29) is 6.10 Å². The first kappa shape index (κ1) is 15.7. The van der Waals surface area contributed by atoms with Crippen LogP contribution in [0.3, 0.4) is 0 Å². The number of carbonyl (C=O) groups excluding carboxylic acids is 1. The van der Waals surface area contributed by atoms with E-state index in [1.165, 1.54) is 0 Å². The first-order valence-electron chi connectivity index (χ1n) is 6.50. The van der Waals surface area contributed by atoms with Crippen LogP contribution in [0.1, 0.15) is 20.3 Å². The fourth-order valence-corrected chi connectivity index (χ4v) is 1.75.